The lowest BCUT2D eigenvalue weighted by molar-refractivity contribution is 0.0924. The second kappa shape index (κ2) is 5.92. The number of amides is 2. The van der Waals surface area contributed by atoms with Crippen LogP contribution >= 0.6 is 11.3 Å². The van der Waals surface area contributed by atoms with E-state index in [-0.39, 0.29) is 23.9 Å². The van der Waals surface area contributed by atoms with E-state index in [4.69, 9.17) is 0 Å². The first kappa shape index (κ1) is 14.8. The van der Waals surface area contributed by atoms with Gasteiger partial charge in [0.15, 0.2) is 0 Å². The molecule has 0 saturated heterocycles. The van der Waals surface area contributed by atoms with Crippen molar-refractivity contribution in [2.24, 2.45) is 0 Å². The summed E-state index contributed by atoms with van der Waals surface area (Å²) in [6.07, 6.45) is 0.692. The quantitative estimate of drug-likeness (QED) is 0.895. The van der Waals surface area contributed by atoms with Gasteiger partial charge in [0.05, 0.1) is 12.6 Å². The molecule has 0 spiro atoms. The highest BCUT2D eigenvalue weighted by molar-refractivity contribution is 7.08. The molecule has 0 aromatic carbocycles. The monoisotopic (exact) mass is 318 g/mol. The second-order valence-corrected chi connectivity index (χ2v) is 6.50. The molecule has 2 aromatic heterocycles. The van der Waals surface area contributed by atoms with Gasteiger partial charge in [-0.2, -0.15) is 16.4 Å². The summed E-state index contributed by atoms with van der Waals surface area (Å²) >= 11 is 1.50. The summed E-state index contributed by atoms with van der Waals surface area (Å²) in [5, 5.41) is 13.9. The van der Waals surface area contributed by atoms with Crippen molar-refractivity contribution >= 4 is 23.2 Å². The third-order valence-electron chi connectivity index (χ3n) is 3.48. The number of thiophene rings is 1. The number of carbonyl (C=O) groups excluding carboxylic acids is 2. The van der Waals surface area contributed by atoms with Gasteiger partial charge in [-0.15, -0.1) is 0 Å². The Morgan fingerprint density at radius 2 is 2.23 bits per heavy atom. The molecule has 2 aromatic rings. The van der Waals surface area contributed by atoms with Gasteiger partial charge in [-0.05, 0) is 31.4 Å². The van der Waals surface area contributed by atoms with Crippen molar-refractivity contribution in [1.29, 1.82) is 0 Å². The fourth-order valence-electron chi connectivity index (χ4n) is 2.51. The third kappa shape index (κ3) is 3.04. The van der Waals surface area contributed by atoms with Gasteiger partial charge in [-0.25, -0.2) is 0 Å². The number of nitrogens with zero attached hydrogens (tertiary/aromatic N) is 2. The molecule has 0 saturated carbocycles. The molecule has 116 valence electrons. The van der Waals surface area contributed by atoms with E-state index in [1.165, 1.54) is 11.3 Å². The first-order valence-electron chi connectivity index (χ1n) is 7.23. The molecule has 1 aliphatic heterocycles. The maximum Gasteiger partial charge on any atom is 0.271 e. The molecule has 0 radical (unpaired) electrons. The van der Waals surface area contributed by atoms with Gasteiger partial charge in [0.2, 0.25) is 0 Å². The van der Waals surface area contributed by atoms with Gasteiger partial charge in [0, 0.05) is 29.1 Å². The Bertz CT molecular complexity index is 667. The van der Waals surface area contributed by atoms with Crippen molar-refractivity contribution < 1.29 is 9.59 Å². The Balaban J connectivity index is 1.61. The number of nitrogens with one attached hydrogen (secondary N) is 2. The topological polar surface area (TPSA) is 76.0 Å². The first-order chi connectivity index (χ1) is 10.5. The molecule has 0 bridgehead atoms. The van der Waals surface area contributed by atoms with Crippen LogP contribution in [0, 0.1) is 0 Å². The molecule has 22 heavy (non-hydrogen) atoms. The van der Waals surface area contributed by atoms with E-state index in [0.29, 0.717) is 24.2 Å². The smallest absolute Gasteiger partial charge is 0.271 e. The molecular weight excluding hydrogens is 300 g/mol. The highest BCUT2D eigenvalue weighted by Crippen LogP contribution is 2.17. The Hall–Kier alpha value is -2.15. The lowest BCUT2D eigenvalue weighted by Crippen LogP contribution is -2.36. The van der Waals surface area contributed by atoms with E-state index in [0.717, 1.165) is 5.69 Å². The summed E-state index contributed by atoms with van der Waals surface area (Å²) in [6, 6.07) is 3.72. The van der Waals surface area contributed by atoms with Gasteiger partial charge in [0.1, 0.15) is 5.69 Å². The van der Waals surface area contributed by atoms with Crippen LogP contribution in [0.15, 0.2) is 22.9 Å². The number of hydrogen-bond acceptors (Lipinski definition) is 4. The average Bonchev–Trinajstić information content (AvgIpc) is 3.12. The summed E-state index contributed by atoms with van der Waals surface area (Å²) in [6.45, 7) is 4.43. The van der Waals surface area contributed by atoms with Crippen molar-refractivity contribution in [3.63, 3.8) is 0 Å². The van der Waals surface area contributed by atoms with E-state index >= 15 is 0 Å². The second-order valence-electron chi connectivity index (χ2n) is 5.72. The van der Waals surface area contributed by atoms with Gasteiger partial charge in [-0.1, -0.05) is 0 Å². The molecule has 0 fully saturated rings. The minimum absolute atomic E-state index is 0.0251. The van der Waals surface area contributed by atoms with E-state index in [1.54, 1.807) is 10.7 Å². The van der Waals surface area contributed by atoms with Crippen LogP contribution in [0.1, 0.15) is 40.4 Å². The van der Waals surface area contributed by atoms with Gasteiger partial charge in [-0.3, -0.25) is 14.3 Å². The van der Waals surface area contributed by atoms with Gasteiger partial charge < -0.3 is 10.6 Å². The molecule has 3 heterocycles. The molecule has 1 unspecified atom stereocenters. The normalized spacial score (nSPS) is 16.6. The zero-order chi connectivity index (χ0) is 15.7. The first-order valence-corrected chi connectivity index (χ1v) is 8.18. The highest BCUT2D eigenvalue weighted by Gasteiger charge is 2.26. The van der Waals surface area contributed by atoms with E-state index in [2.05, 4.69) is 15.7 Å². The number of aromatic nitrogens is 2. The van der Waals surface area contributed by atoms with Crippen LogP contribution in [0.4, 0.5) is 0 Å². The maximum atomic E-state index is 12.0. The molecule has 2 amide bonds. The number of carbonyl (C=O) groups is 2. The standard InChI is InChI=1S/C15H18N4O2S/c1-9(2)16-15(21)13-6-12-5-11(7-19(12)18-13)17-14(20)10-3-4-22-8-10/h3-4,6,8-9,11H,5,7H2,1-2H3,(H,16,21)(H,17,20). The number of hydrogen-bond donors (Lipinski definition) is 2. The summed E-state index contributed by atoms with van der Waals surface area (Å²) in [7, 11) is 0. The van der Waals surface area contributed by atoms with Crippen molar-refractivity contribution in [2.45, 2.75) is 38.9 Å². The maximum absolute atomic E-state index is 12.0. The predicted molar refractivity (Wildman–Crippen MR) is 84.1 cm³/mol. The zero-order valence-electron chi connectivity index (χ0n) is 12.5. The van der Waals surface area contributed by atoms with Crippen molar-refractivity contribution in [3.05, 3.63) is 39.8 Å². The van der Waals surface area contributed by atoms with Crippen molar-refractivity contribution in [1.82, 2.24) is 20.4 Å². The molecule has 3 rings (SSSR count). The Kier molecular flexibility index (Phi) is 3.98. The van der Waals surface area contributed by atoms with Crippen molar-refractivity contribution in [3.8, 4) is 0 Å². The van der Waals surface area contributed by atoms with Crippen LogP contribution in [0.3, 0.4) is 0 Å². The van der Waals surface area contributed by atoms with Gasteiger partial charge in [0.25, 0.3) is 11.8 Å². The van der Waals surface area contributed by atoms with Crippen LogP contribution < -0.4 is 10.6 Å². The molecule has 2 N–H and O–H groups in total. The highest BCUT2D eigenvalue weighted by atomic mass is 32.1. The van der Waals surface area contributed by atoms with Crippen LogP contribution in [-0.4, -0.2) is 33.7 Å². The molecule has 6 nitrogen and oxygen atoms in total. The summed E-state index contributed by atoms with van der Waals surface area (Å²) in [5.41, 5.74) is 2.10. The molecular formula is C15H18N4O2S. The number of rotatable bonds is 4. The SMILES string of the molecule is CC(C)NC(=O)c1cc2n(n1)CC(NC(=O)c1ccsc1)C2. The fraction of sp³-hybridized carbons (Fsp3) is 0.400. The van der Waals surface area contributed by atoms with E-state index in [9.17, 15) is 9.59 Å². The predicted octanol–water partition coefficient (Wildman–Crippen LogP) is 1.44. The minimum atomic E-state index is -0.157. The van der Waals surface area contributed by atoms with Crippen LogP contribution in [-0.2, 0) is 13.0 Å². The van der Waals surface area contributed by atoms with Crippen LogP contribution in [0.25, 0.3) is 0 Å². The zero-order valence-corrected chi connectivity index (χ0v) is 13.3. The molecule has 0 aliphatic carbocycles. The molecule has 7 heteroatoms. The minimum Gasteiger partial charge on any atom is -0.348 e. The lowest BCUT2D eigenvalue weighted by atomic mass is 10.2. The average molecular weight is 318 g/mol. The Morgan fingerprint density at radius 3 is 2.86 bits per heavy atom. The molecule has 1 atom stereocenters. The summed E-state index contributed by atoms with van der Waals surface area (Å²) in [5.74, 6) is -0.217. The lowest BCUT2D eigenvalue weighted by Gasteiger charge is -2.11. The van der Waals surface area contributed by atoms with E-state index < -0.39 is 0 Å². The van der Waals surface area contributed by atoms with Crippen molar-refractivity contribution in [2.75, 3.05) is 0 Å². The Labute approximate surface area is 132 Å². The van der Waals surface area contributed by atoms with Crippen LogP contribution in [0.5, 0.6) is 0 Å². The van der Waals surface area contributed by atoms with E-state index in [1.807, 2.05) is 30.7 Å². The Morgan fingerprint density at radius 1 is 1.41 bits per heavy atom. The summed E-state index contributed by atoms with van der Waals surface area (Å²) < 4.78 is 1.80. The summed E-state index contributed by atoms with van der Waals surface area (Å²) in [4.78, 5) is 24.0. The number of fused-ring (bicyclic) bond motifs is 1. The third-order valence-corrected chi connectivity index (χ3v) is 4.17. The van der Waals surface area contributed by atoms with Gasteiger partial charge >= 0.3 is 0 Å². The molecule has 1 aliphatic rings. The van der Waals surface area contributed by atoms with Crippen LogP contribution in [0.2, 0.25) is 0 Å². The fourth-order valence-corrected chi connectivity index (χ4v) is 3.15. The largest absolute Gasteiger partial charge is 0.348 e.